The van der Waals surface area contributed by atoms with Gasteiger partial charge in [-0.2, -0.15) is 5.26 Å². The Labute approximate surface area is 113 Å². The fourth-order valence-electron chi connectivity index (χ4n) is 2.56. The number of phenolic OH excluding ortho intramolecular Hbond substituents is 1. The van der Waals surface area contributed by atoms with Crippen LogP contribution in [0.1, 0.15) is 42.5 Å². The second kappa shape index (κ2) is 6.24. The van der Waals surface area contributed by atoms with E-state index in [0.29, 0.717) is 5.56 Å². The maximum absolute atomic E-state index is 12.0. The van der Waals surface area contributed by atoms with Crippen LogP contribution in [0.25, 0.3) is 0 Å². The van der Waals surface area contributed by atoms with Gasteiger partial charge in [0.05, 0.1) is 6.07 Å². The second-order valence-electron chi connectivity index (χ2n) is 5.03. The number of aromatic hydroxyl groups is 1. The van der Waals surface area contributed by atoms with Gasteiger partial charge in [-0.25, -0.2) is 0 Å². The van der Waals surface area contributed by atoms with Gasteiger partial charge in [0.15, 0.2) is 0 Å². The zero-order chi connectivity index (χ0) is 13.7. The third kappa shape index (κ3) is 3.47. The Morgan fingerprint density at radius 1 is 1.26 bits per heavy atom. The number of hydrogen-bond donors (Lipinski definition) is 2. The number of nitrogens with zero attached hydrogens (tertiary/aromatic N) is 1. The lowest BCUT2D eigenvalue weighted by Crippen LogP contribution is -2.40. The van der Waals surface area contributed by atoms with Crippen LogP contribution in [0, 0.1) is 17.2 Å². The van der Waals surface area contributed by atoms with Gasteiger partial charge in [-0.1, -0.05) is 19.3 Å². The monoisotopic (exact) mass is 258 g/mol. The van der Waals surface area contributed by atoms with Crippen LogP contribution in [0.5, 0.6) is 5.75 Å². The number of nitrogens with one attached hydrogen (secondary N) is 1. The van der Waals surface area contributed by atoms with Crippen LogP contribution in [0.15, 0.2) is 24.3 Å². The molecule has 1 saturated carbocycles. The average Bonchev–Trinajstić information content (AvgIpc) is 2.46. The normalized spacial score (nSPS) is 17.4. The van der Waals surface area contributed by atoms with Gasteiger partial charge in [-0.05, 0) is 43.0 Å². The summed E-state index contributed by atoms with van der Waals surface area (Å²) in [4.78, 5) is 12.0. The fraction of sp³-hybridized carbons (Fsp3) is 0.467. The van der Waals surface area contributed by atoms with Gasteiger partial charge < -0.3 is 10.4 Å². The van der Waals surface area contributed by atoms with Gasteiger partial charge in [0, 0.05) is 5.56 Å². The Morgan fingerprint density at radius 3 is 2.47 bits per heavy atom. The molecule has 0 radical (unpaired) electrons. The van der Waals surface area contributed by atoms with Crippen LogP contribution >= 0.6 is 0 Å². The van der Waals surface area contributed by atoms with Crippen LogP contribution in [0.3, 0.4) is 0 Å². The molecule has 1 atom stereocenters. The number of rotatable bonds is 3. The topological polar surface area (TPSA) is 73.1 Å². The number of hydrogen-bond acceptors (Lipinski definition) is 3. The molecule has 0 spiro atoms. The highest BCUT2D eigenvalue weighted by Crippen LogP contribution is 2.26. The van der Waals surface area contributed by atoms with Gasteiger partial charge >= 0.3 is 0 Å². The highest BCUT2D eigenvalue weighted by molar-refractivity contribution is 5.94. The second-order valence-corrected chi connectivity index (χ2v) is 5.03. The van der Waals surface area contributed by atoms with E-state index in [1.54, 1.807) is 12.1 Å². The first-order chi connectivity index (χ1) is 9.20. The highest BCUT2D eigenvalue weighted by Gasteiger charge is 2.25. The molecule has 1 amide bonds. The van der Waals surface area contributed by atoms with Crippen LogP contribution in [-0.4, -0.2) is 17.1 Å². The van der Waals surface area contributed by atoms with Crippen molar-refractivity contribution in [3.05, 3.63) is 29.8 Å². The summed E-state index contributed by atoms with van der Waals surface area (Å²) in [7, 11) is 0. The lowest BCUT2D eigenvalue weighted by Gasteiger charge is -2.26. The van der Waals surface area contributed by atoms with E-state index < -0.39 is 6.04 Å². The van der Waals surface area contributed by atoms with Crippen molar-refractivity contribution in [1.82, 2.24) is 5.32 Å². The molecule has 1 aliphatic rings. The first-order valence-electron chi connectivity index (χ1n) is 6.70. The van der Waals surface area contributed by atoms with E-state index in [-0.39, 0.29) is 17.6 Å². The maximum Gasteiger partial charge on any atom is 0.252 e. The van der Waals surface area contributed by atoms with E-state index in [0.717, 1.165) is 25.7 Å². The molecule has 100 valence electrons. The predicted octanol–water partition coefficient (Wildman–Crippen LogP) is 2.59. The van der Waals surface area contributed by atoms with Gasteiger partial charge in [-0.3, -0.25) is 4.79 Å². The predicted molar refractivity (Wildman–Crippen MR) is 71.5 cm³/mol. The Kier molecular flexibility index (Phi) is 4.40. The number of nitriles is 1. The molecule has 0 bridgehead atoms. The van der Waals surface area contributed by atoms with E-state index in [9.17, 15) is 15.2 Å². The summed E-state index contributed by atoms with van der Waals surface area (Å²) < 4.78 is 0. The standard InChI is InChI=1S/C15H18N2O2/c16-10-14(11-4-2-1-3-5-11)17-15(19)12-6-8-13(18)9-7-12/h6-9,11,14,18H,1-5H2,(H,17,19). The molecule has 4 nitrogen and oxygen atoms in total. The average molecular weight is 258 g/mol. The fourth-order valence-corrected chi connectivity index (χ4v) is 2.56. The van der Waals surface area contributed by atoms with E-state index >= 15 is 0 Å². The molecule has 4 heteroatoms. The van der Waals surface area contributed by atoms with E-state index in [1.807, 2.05) is 0 Å². The first-order valence-corrected chi connectivity index (χ1v) is 6.70. The number of benzene rings is 1. The smallest absolute Gasteiger partial charge is 0.252 e. The lowest BCUT2D eigenvalue weighted by molar-refractivity contribution is 0.0929. The van der Waals surface area contributed by atoms with Crippen molar-refractivity contribution in [2.75, 3.05) is 0 Å². The molecule has 19 heavy (non-hydrogen) atoms. The number of amides is 1. The van der Waals surface area contributed by atoms with Crippen molar-refractivity contribution in [2.24, 2.45) is 5.92 Å². The Balaban J connectivity index is 1.99. The highest BCUT2D eigenvalue weighted by atomic mass is 16.3. The third-order valence-electron chi connectivity index (χ3n) is 3.68. The molecule has 1 aliphatic carbocycles. The van der Waals surface area contributed by atoms with Gasteiger partial charge in [0.25, 0.3) is 5.91 Å². The van der Waals surface area contributed by atoms with E-state index in [2.05, 4.69) is 11.4 Å². The molecule has 0 heterocycles. The third-order valence-corrected chi connectivity index (χ3v) is 3.68. The quantitative estimate of drug-likeness (QED) is 0.875. The summed E-state index contributed by atoms with van der Waals surface area (Å²) in [6.45, 7) is 0. The summed E-state index contributed by atoms with van der Waals surface area (Å²) in [5.74, 6) is 0.137. The minimum atomic E-state index is -0.415. The molecule has 1 aromatic rings. The summed E-state index contributed by atoms with van der Waals surface area (Å²) in [6.07, 6.45) is 5.51. The van der Waals surface area contributed by atoms with Crippen molar-refractivity contribution >= 4 is 5.91 Å². The van der Waals surface area contributed by atoms with Crippen molar-refractivity contribution in [1.29, 1.82) is 5.26 Å². The first kappa shape index (κ1) is 13.4. The number of carbonyl (C=O) groups is 1. The summed E-state index contributed by atoms with van der Waals surface area (Å²) in [6, 6.07) is 7.84. The molecule has 1 unspecified atom stereocenters. The molecule has 0 aliphatic heterocycles. The molecule has 1 aromatic carbocycles. The van der Waals surface area contributed by atoms with Gasteiger partial charge in [0.1, 0.15) is 11.8 Å². The maximum atomic E-state index is 12.0. The van der Waals surface area contributed by atoms with E-state index in [1.165, 1.54) is 18.6 Å². The van der Waals surface area contributed by atoms with Crippen LogP contribution < -0.4 is 5.32 Å². The van der Waals surface area contributed by atoms with Gasteiger partial charge in [-0.15, -0.1) is 0 Å². The molecule has 0 aromatic heterocycles. The minimum absolute atomic E-state index is 0.126. The Hall–Kier alpha value is -2.02. The van der Waals surface area contributed by atoms with Crippen LogP contribution in [-0.2, 0) is 0 Å². The molecule has 2 rings (SSSR count). The zero-order valence-electron chi connectivity index (χ0n) is 10.8. The molecular weight excluding hydrogens is 240 g/mol. The number of carbonyl (C=O) groups excluding carboxylic acids is 1. The van der Waals surface area contributed by atoms with Crippen molar-refractivity contribution < 1.29 is 9.90 Å². The Morgan fingerprint density at radius 2 is 1.89 bits per heavy atom. The molecule has 2 N–H and O–H groups in total. The molecule has 0 saturated heterocycles. The summed E-state index contributed by atoms with van der Waals surface area (Å²) >= 11 is 0. The SMILES string of the molecule is N#CC(NC(=O)c1ccc(O)cc1)C1CCCCC1. The number of phenols is 1. The van der Waals surface area contributed by atoms with E-state index in [4.69, 9.17) is 0 Å². The molecule has 1 fully saturated rings. The molecular formula is C15H18N2O2. The lowest BCUT2D eigenvalue weighted by atomic mass is 9.84. The Bertz CT molecular complexity index is 470. The summed E-state index contributed by atoms with van der Waals surface area (Å²) in [5.41, 5.74) is 0.467. The van der Waals surface area contributed by atoms with Crippen molar-refractivity contribution in [2.45, 2.75) is 38.1 Å². The largest absolute Gasteiger partial charge is 0.508 e. The zero-order valence-corrected chi connectivity index (χ0v) is 10.8. The van der Waals surface area contributed by atoms with Crippen LogP contribution in [0.4, 0.5) is 0 Å². The summed E-state index contributed by atoms with van der Waals surface area (Å²) in [5, 5.41) is 21.2. The van der Waals surface area contributed by atoms with Crippen molar-refractivity contribution in [3.63, 3.8) is 0 Å². The van der Waals surface area contributed by atoms with Crippen LogP contribution in [0.2, 0.25) is 0 Å². The van der Waals surface area contributed by atoms with Crippen molar-refractivity contribution in [3.8, 4) is 11.8 Å². The van der Waals surface area contributed by atoms with Gasteiger partial charge in [0.2, 0.25) is 0 Å². The minimum Gasteiger partial charge on any atom is -0.508 e.